The molecule has 0 N–H and O–H groups in total. The lowest BCUT2D eigenvalue weighted by Crippen LogP contribution is -1.99. The first-order valence-electron chi connectivity index (χ1n) is 3.17. The predicted octanol–water partition coefficient (Wildman–Crippen LogP) is 2.82. The Morgan fingerprint density at radius 1 is 1.60 bits per heavy atom. The standard InChI is InChI=1S/C8H10S2/c1-2-6-4-3-5-7(9)8(6)10/h2-3,5-6,9-10H,1,4H2. The summed E-state index contributed by atoms with van der Waals surface area (Å²) in [5, 5.41) is 0. The molecule has 54 valence electrons. The average Bonchev–Trinajstić information content (AvgIpc) is 1.95. The minimum Gasteiger partial charge on any atom is -0.146 e. The maximum atomic E-state index is 4.31. The van der Waals surface area contributed by atoms with Crippen molar-refractivity contribution in [1.29, 1.82) is 0 Å². The van der Waals surface area contributed by atoms with Crippen LogP contribution in [0.2, 0.25) is 0 Å². The van der Waals surface area contributed by atoms with Crippen LogP contribution in [0.4, 0.5) is 0 Å². The smallest absolute Gasteiger partial charge is 0.0136 e. The minimum absolute atomic E-state index is 0.376. The van der Waals surface area contributed by atoms with Gasteiger partial charge in [-0.3, -0.25) is 0 Å². The fraction of sp³-hybridized carbons (Fsp3) is 0.250. The maximum Gasteiger partial charge on any atom is 0.0136 e. The van der Waals surface area contributed by atoms with E-state index in [9.17, 15) is 0 Å². The lowest BCUT2D eigenvalue weighted by atomic mass is 10.0. The molecule has 0 spiro atoms. The fourth-order valence-electron chi connectivity index (χ4n) is 0.921. The third-order valence-electron chi connectivity index (χ3n) is 1.56. The molecule has 0 saturated carbocycles. The molecular weight excluding hydrogens is 160 g/mol. The molecule has 0 aromatic rings. The lowest BCUT2D eigenvalue weighted by Gasteiger charge is -2.15. The topological polar surface area (TPSA) is 0 Å². The van der Waals surface area contributed by atoms with Crippen LogP contribution in [0.25, 0.3) is 0 Å². The molecule has 0 aliphatic heterocycles. The van der Waals surface area contributed by atoms with Crippen molar-refractivity contribution in [2.45, 2.75) is 6.42 Å². The van der Waals surface area contributed by atoms with Crippen molar-refractivity contribution in [1.82, 2.24) is 0 Å². The summed E-state index contributed by atoms with van der Waals surface area (Å²) in [4.78, 5) is 1.99. The molecule has 1 aliphatic carbocycles. The molecule has 0 saturated heterocycles. The number of hydrogen-bond donors (Lipinski definition) is 2. The van der Waals surface area contributed by atoms with E-state index in [4.69, 9.17) is 0 Å². The van der Waals surface area contributed by atoms with Gasteiger partial charge >= 0.3 is 0 Å². The summed E-state index contributed by atoms with van der Waals surface area (Å²) in [5.41, 5.74) is 0. The monoisotopic (exact) mass is 170 g/mol. The van der Waals surface area contributed by atoms with E-state index in [2.05, 4.69) is 37.9 Å². The summed E-state index contributed by atoms with van der Waals surface area (Å²) >= 11 is 8.55. The van der Waals surface area contributed by atoms with Crippen LogP contribution >= 0.6 is 25.3 Å². The van der Waals surface area contributed by atoms with Gasteiger partial charge in [0.15, 0.2) is 0 Å². The second-order valence-corrected chi connectivity index (χ2v) is 3.21. The molecule has 1 atom stereocenters. The van der Waals surface area contributed by atoms with E-state index < -0.39 is 0 Å². The highest BCUT2D eigenvalue weighted by Gasteiger charge is 2.11. The number of hydrogen-bond acceptors (Lipinski definition) is 2. The Balaban J connectivity index is 2.86. The number of thiol groups is 2. The van der Waals surface area contributed by atoms with Crippen molar-refractivity contribution >= 4 is 25.3 Å². The van der Waals surface area contributed by atoms with Gasteiger partial charge in [-0.1, -0.05) is 18.2 Å². The van der Waals surface area contributed by atoms with Crippen LogP contribution in [0.1, 0.15) is 6.42 Å². The summed E-state index contributed by atoms with van der Waals surface area (Å²) in [6.07, 6.45) is 6.98. The van der Waals surface area contributed by atoms with Crippen LogP contribution in [0.3, 0.4) is 0 Å². The Hall–Kier alpha value is -0.0800. The molecule has 2 heteroatoms. The molecule has 0 radical (unpaired) electrons. The van der Waals surface area contributed by atoms with E-state index in [1.54, 1.807) is 0 Å². The van der Waals surface area contributed by atoms with Gasteiger partial charge < -0.3 is 0 Å². The SMILES string of the molecule is C=CC1CC=CC(S)=C1S. The Bertz CT molecular complexity index is 201. The van der Waals surface area contributed by atoms with Crippen molar-refractivity contribution in [3.05, 3.63) is 34.6 Å². The zero-order valence-electron chi connectivity index (χ0n) is 5.62. The van der Waals surface area contributed by atoms with E-state index in [0.717, 1.165) is 16.2 Å². The van der Waals surface area contributed by atoms with Gasteiger partial charge in [0.05, 0.1) is 0 Å². The highest BCUT2D eigenvalue weighted by molar-refractivity contribution is 7.88. The average molecular weight is 170 g/mol. The predicted molar refractivity (Wildman–Crippen MR) is 52.4 cm³/mol. The van der Waals surface area contributed by atoms with Crippen molar-refractivity contribution < 1.29 is 0 Å². The van der Waals surface area contributed by atoms with Gasteiger partial charge in [0.1, 0.15) is 0 Å². The van der Waals surface area contributed by atoms with Gasteiger partial charge in [0.2, 0.25) is 0 Å². The lowest BCUT2D eigenvalue weighted by molar-refractivity contribution is 0.810. The molecule has 1 rings (SSSR count). The molecular formula is C8H10S2. The maximum absolute atomic E-state index is 4.31. The van der Waals surface area contributed by atoms with Crippen molar-refractivity contribution in [3.63, 3.8) is 0 Å². The molecule has 0 fully saturated rings. The van der Waals surface area contributed by atoms with Crippen LogP contribution in [0, 0.1) is 5.92 Å². The van der Waals surface area contributed by atoms with E-state index >= 15 is 0 Å². The Labute approximate surface area is 72.5 Å². The van der Waals surface area contributed by atoms with Crippen LogP contribution in [-0.2, 0) is 0 Å². The summed E-state index contributed by atoms with van der Waals surface area (Å²) in [6, 6.07) is 0. The van der Waals surface area contributed by atoms with Crippen LogP contribution in [0.15, 0.2) is 34.6 Å². The highest BCUT2D eigenvalue weighted by atomic mass is 32.1. The largest absolute Gasteiger partial charge is 0.146 e. The summed E-state index contributed by atoms with van der Waals surface area (Å²) < 4.78 is 0. The van der Waals surface area contributed by atoms with Crippen LogP contribution in [0.5, 0.6) is 0 Å². The van der Waals surface area contributed by atoms with E-state index in [0.29, 0.717) is 5.92 Å². The molecule has 0 aromatic carbocycles. The van der Waals surface area contributed by atoms with Gasteiger partial charge in [-0.25, -0.2) is 0 Å². The first kappa shape index (κ1) is 8.02. The van der Waals surface area contributed by atoms with Gasteiger partial charge in [-0.2, -0.15) is 0 Å². The normalized spacial score (nSPS) is 25.2. The van der Waals surface area contributed by atoms with Crippen molar-refractivity contribution in [2.75, 3.05) is 0 Å². The molecule has 0 nitrogen and oxygen atoms in total. The molecule has 0 bridgehead atoms. The Morgan fingerprint density at radius 2 is 2.30 bits per heavy atom. The summed E-state index contributed by atoms with van der Waals surface area (Å²) in [5.74, 6) is 0.376. The van der Waals surface area contributed by atoms with Gasteiger partial charge in [-0.05, 0) is 6.42 Å². The minimum atomic E-state index is 0.376. The Morgan fingerprint density at radius 3 is 2.80 bits per heavy atom. The number of allylic oxidation sites excluding steroid dienone is 4. The van der Waals surface area contributed by atoms with Crippen molar-refractivity contribution in [3.8, 4) is 0 Å². The first-order valence-corrected chi connectivity index (χ1v) is 4.06. The first-order chi connectivity index (χ1) is 4.75. The van der Waals surface area contributed by atoms with E-state index in [1.165, 1.54) is 0 Å². The zero-order chi connectivity index (χ0) is 7.56. The summed E-state index contributed by atoms with van der Waals surface area (Å²) in [7, 11) is 0. The van der Waals surface area contributed by atoms with E-state index in [1.807, 2.05) is 12.2 Å². The molecule has 0 amide bonds. The summed E-state index contributed by atoms with van der Waals surface area (Å²) in [6.45, 7) is 3.72. The second kappa shape index (κ2) is 3.35. The molecule has 0 heterocycles. The third kappa shape index (κ3) is 1.50. The fourth-order valence-corrected chi connectivity index (χ4v) is 1.48. The molecule has 10 heavy (non-hydrogen) atoms. The van der Waals surface area contributed by atoms with Crippen LogP contribution < -0.4 is 0 Å². The zero-order valence-corrected chi connectivity index (χ0v) is 7.41. The molecule has 1 aliphatic rings. The van der Waals surface area contributed by atoms with Crippen LogP contribution in [-0.4, -0.2) is 0 Å². The second-order valence-electron chi connectivity index (χ2n) is 2.25. The number of rotatable bonds is 1. The molecule has 0 aromatic heterocycles. The third-order valence-corrected chi connectivity index (χ3v) is 2.70. The van der Waals surface area contributed by atoms with Gasteiger partial charge in [-0.15, -0.1) is 31.8 Å². The van der Waals surface area contributed by atoms with Crippen molar-refractivity contribution in [2.24, 2.45) is 5.92 Å². The van der Waals surface area contributed by atoms with Gasteiger partial charge in [0.25, 0.3) is 0 Å². The Kier molecular flexibility index (Phi) is 2.69. The quantitative estimate of drug-likeness (QED) is 0.439. The van der Waals surface area contributed by atoms with Gasteiger partial charge in [0, 0.05) is 15.7 Å². The highest BCUT2D eigenvalue weighted by Crippen LogP contribution is 2.30. The van der Waals surface area contributed by atoms with E-state index in [-0.39, 0.29) is 0 Å². The molecule has 1 unspecified atom stereocenters.